The predicted octanol–water partition coefficient (Wildman–Crippen LogP) is 4.98. The van der Waals surface area contributed by atoms with Gasteiger partial charge in [-0.3, -0.25) is 4.98 Å². The summed E-state index contributed by atoms with van der Waals surface area (Å²) in [6.07, 6.45) is 1.11. The van der Waals surface area contributed by atoms with Gasteiger partial charge in [-0.2, -0.15) is 5.10 Å². The Hall–Kier alpha value is -2.73. The molecule has 0 aliphatic heterocycles. The van der Waals surface area contributed by atoms with Crippen LogP contribution in [0.1, 0.15) is 46.9 Å². The Balaban J connectivity index is 1.77. The third-order valence-electron chi connectivity index (χ3n) is 4.25. The third-order valence-corrected chi connectivity index (χ3v) is 4.80. The summed E-state index contributed by atoms with van der Waals surface area (Å²) in [6.45, 7) is 5.59. The van der Waals surface area contributed by atoms with Crippen LogP contribution in [0.4, 0.5) is 4.39 Å². The van der Waals surface area contributed by atoms with E-state index in [-0.39, 0.29) is 0 Å². The second-order valence-electron chi connectivity index (χ2n) is 6.15. The fourth-order valence-electron chi connectivity index (χ4n) is 2.74. The Bertz CT molecular complexity index is 953. The van der Waals surface area contributed by atoms with E-state index in [1.165, 1.54) is 12.1 Å². The molecule has 0 fully saturated rings. The number of pyridine rings is 1. The minimum Gasteiger partial charge on any atom is -0.452 e. The standard InChI is InChI=1S/C20H19ClFN3O2/c1-4-18(17-10-7-15(22)11-23-17)27-20(26)14-5-8-16(9-6-14)25-13(3)19(21)12(2)24-25/h5-11,18H,4H2,1-3H3. The number of carbonyl (C=O) groups is 1. The molecule has 7 heteroatoms. The quantitative estimate of drug-likeness (QED) is 0.579. The molecule has 5 nitrogen and oxygen atoms in total. The van der Waals surface area contributed by atoms with Gasteiger partial charge in [0.1, 0.15) is 11.9 Å². The molecule has 0 spiro atoms. The van der Waals surface area contributed by atoms with Gasteiger partial charge in [-0.15, -0.1) is 0 Å². The van der Waals surface area contributed by atoms with Gasteiger partial charge in [0, 0.05) is 0 Å². The van der Waals surface area contributed by atoms with E-state index in [0.717, 1.165) is 23.3 Å². The van der Waals surface area contributed by atoms with Gasteiger partial charge in [-0.1, -0.05) is 18.5 Å². The summed E-state index contributed by atoms with van der Waals surface area (Å²) in [6, 6.07) is 9.73. The summed E-state index contributed by atoms with van der Waals surface area (Å²) in [5.41, 5.74) is 3.30. The lowest BCUT2D eigenvalue weighted by Gasteiger charge is -2.16. The number of aromatic nitrogens is 3. The summed E-state index contributed by atoms with van der Waals surface area (Å²) < 4.78 is 20.3. The molecule has 0 N–H and O–H groups in total. The van der Waals surface area contributed by atoms with Crippen LogP contribution in [0.5, 0.6) is 0 Å². The van der Waals surface area contributed by atoms with Crippen molar-refractivity contribution >= 4 is 17.6 Å². The van der Waals surface area contributed by atoms with Crippen LogP contribution >= 0.6 is 11.6 Å². The second kappa shape index (κ2) is 7.88. The summed E-state index contributed by atoms with van der Waals surface area (Å²) in [5.74, 6) is -0.898. The number of aryl methyl sites for hydroxylation is 1. The zero-order chi connectivity index (χ0) is 19.6. The molecule has 0 saturated heterocycles. The summed E-state index contributed by atoms with van der Waals surface area (Å²) in [5, 5.41) is 5.01. The minimum atomic E-state index is -0.535. The Morgan fingerprint density at radius 3 is 2.44 bits per heavy atom. The van der Waals surface area contributed by atoms with Crippen molar-refractivity contribution in [1.29, 1.82) is 0 Å². The van der Waals surface area contributed by atoms with Crippen LogP contribution in [-0.4, -0.2) is 20.7 Å². The fraction of sp³-hybridized carbons (Fsp3) is 0.250. The topological polar surface area (TPSA) is 57.0 Å². The lowest BCUT2D eigenvalue weighted by atomic mass is 10.1. The van der Waals surface area contributed by atoms with Crippen molar-refractivity contribution in [2.45, 2.75) is 33.3 Å². The van der Waals surface area contributed by atoms with E-state index in [4.69, 9.17) is 16.3 Å². The first-order valence-corrected chi connectivity index (χ1v) is 8.93. The van der Waals surface area contributed by atoms with Crippen LogP contribution in [0.25, 0.3) is 5.69 Å². The molecule has 3 aromatic rings. The van der Waals surface area contributed by atoms with Crippen molar-refractivity contribution in [3.05, 3.63) is 76.1 Å². The molecule has 2 heterocycles. The number of hydrogen-bond acceptors (Lipinski definition) is 4. The minimum absolute atomic E-state index is 0.409. The first-order valence-electron chi connectivity index (χ1n) is 8.55. The molecule has 1 aromatic carbocycles. The molecule has 3 rings (SSSR count). The number of carbonyl (C=O) groups excluding carboxylic acids is 1. The van der Waals surface area contributed by atoms with E-state index >= 15 is 0 Å². The molecule has 0 aliphatic rings. The summed E-state index contributed by atoms with van der Waals surface area (Å²) in [7, 11) is 0. The average Bonchev–Trinajstić information content (AvgIpc) is 2.94. The Morgan fingerprint density at radius 1 is 1.22 bits per heavy atom. The molecular formula is C20H19ClFN3O2. The Kier molecular flexibility index (Phi) is 5.56. The number of ether oxygens (including phenoxy) is 1. The van der Waals surface area contributed by atoms with Gasteiger partial charge in [0.2, 0.25) is 0 Å². The highest BCUT2D eigenvalue weighted by atomic mass is 35.5. The van der Waals surface area contributed by atoms with Crippen LogP contribution in [0, 0.1) is 19.7 Å². The van der Waals surface area contributed by atoms with Crippen LogP contribution in [0.15, 0.2) is 42.6 Å². The molecule has 140 valence electrons. The van der Waals surface area contributed by atoms with Gasteiger partial charge in [0.25, 0.3) is 0 Å². The van der Waals surface area contributed by atoms with E-state index in [9.17, 15) is 9.18 Å². The second-order valence-corrected chi connectivity index (χ2v) is 6.52. The molecule has 0 saturated carbocycles. The van der Waals surface area contributed by atoms with Crippen molar-refractivity contribution in [3.8, 4) is 5.69 Å². The van der Waals surface area contributed by atoms with Gasteiger partial charge in [-0.05, 0) is 56.7 Å². The van der Waals surface area contributed by atoms with Crippen molar-refractivity contribution in [2.75, 3.05) is 0 Å². The SMILES string of the molecule is CCC(OC(=O)c1ccc(-n2nc(C)c(Cl)c2C)cc1)c1ccc(F)cn1. The highest BCUT2D eigenvalue weighted by Crippen LogP contribution is 2.24. The van der Waals surface area contributed by atoms with Gasteiger partial charge in [0.15, 0.2) is 0 Å². The summed E-state index contributed by atoms with van der Waals surface area (Å²) in [4.78, 5) is 16.5. The van der Waals surface area contributed by atoms with Crippen LogP contribution in [0.3, 0.4) is 0 Å². The molecule has 27 heavy (non-hydrogen) atoms. The first-order chi connectivity index (χ1) is 12.9. The van der Waals surface area contributed by atoms with Crippen LogP contribution in [-0.2, 0) is 4.74 Å². The zero-order valence-electron chi connectivity index (χ0n) is 15.2. The molecule has 0 amide bonds. The smallest absolute Gasteiger partial charge is 0.338 e. The van der Waals surface area contributed by atoms with Crippen molar-refractivity contribution in [1.82, 2.24) is 14.8 Å². The maximum absolute atomic E-state index is 13.0. The summed E-state index contributed by atoms with van der Waals surface area (Å²) >= 11 is 6.18. The number of hydrogen-bond donors (Lipinski definition) is 0. The van der Waals surface area contributed by atoms with E-state index in [2.05, 4.69) is 10.1 Å². The van der Waals surface area contributed by atoms with Crippen molar-refractivity contribution in [2.24, 2.45) is 0 Å². The highest BCUT2D eigenvalue weighted by Gasteiger charge is 2.18. The van der Waals surface area contributed by atoms with E-state index in [1.54, 1.807) is 28.9 Å². The first kappa shape index (κ1) is 19.0. The maximum Gasteiger partial charge on any atom is 0.338 e. The zero-order valence-corrected chi connectivity index (χ0v) is 16.0. The van der Waals surface area contributed by atoms with Crippen molar-refractivity contribution in [3.63, 3.8) is 0 Å². The highest BCUT2D eigenvalue weighted by molar-refractivity contribution is 6.31. The van der Waals surface area contributed by atoms with Crippen LogP contribution in [0.2, 0.25) is 5.02 Å². The molecule has 1 atom stereocenters. The number of esters is 1. The fourth-order valence-corrected chi connectivity index (χ4v) is 2.86. The number of rotatable bonds is 5. The normalized spacial score (nSPS) is 12.0. The number of halogens is 2. The number of benzene rings is 1. The number of nitrogens with zero attached hydrogens (tertiary/aromatic N) is 3. The van der Waals surface area contributed by atoms with Crippen LogP contribution < -0.4 is 0 Å². The lowest BCUT2D eigenvalue weighted by Crippen LogP contribution is -2.12. The predicted molar refractivity (Wildman–Crippen MR) is 101 cm³/mol. The Morgan fingerprint density at radius 2 is 1.93 bits per heavy atom. The lowest BCUT2D eigenvalue weighted by molar-refractivity contribution is 0.0278. The monoisotopic (exact) mass is 387 g/mol. The molecule has 0 aliphatic carbocycles. The molecule has 1 unspecified atom stereocenters. The molecule has 0 bridgehead atoms. The van der Waals surface area contributed by atoms with E-state index in [0.29, 0.717) is 22.7 Å². The van der Waals surface area contributed by atoms with E-state index < -0.39 is 17.9 Å². The van der Waals surface area contributed by atoms with Gasteiger partial charge < -0.3 is 4.74 Å². The maximum atomic E-state index is 13.0. The Labute approximate surface area is 161 Å². The van der Waals surface area contributed by atoms with Gasteiger partial charge >= 0.3 is 5.97 Å². The molecular weight excluding hydrogens is 369 g/mol. The van der Waals surface area contributed by atoms with E-state index in [1.807, 2.05) is 20.8 Å². The molecule has 2 aromatic heterocycles. The average molecular weight is 388 g/mol. The van der Waals surface area contributed by atoms with Gasteiger partial charge in [0.05, 0.1) is 39.6 Å². The van der Waals surface area contributed by atoms with Gasteiger partial charge in [-0.25, -0.2) is 13.9 Å². The van der Waals surface area contributed by atoms with Crippen molar-refractivity contribution < 1.29 is 13.9 Å². The third kappa shape index (κ3) is 4.01. The molecule has 0 radical (unpaired) electrons. The largest absolute Gasteiger partial charge is 0.452 e.